The molecule has 15 atom stereocenters. The van der Waals surface area contributed by atoms with Crippen LogP contribution < -0.4 is 76.1 Å². The van der Waals surface area contributed by atoms with Crippen molar-refractivity contribution in [1.29, 1.82) is 0 Å². The number of cyclic esters (lactones) is 1. The Labute approximate surface area is 523 Å². The van der Waals surface area contributed by atoms with Crippen LogP contribution >= 0.6 is 0 Å². The largest absolute Gasteiger partial charge is 0.453 e. The van der Waals surface area contributed by atoms with E-state index in [1.807, 2.05) is 24.5 Å². The van der Waals surface area contributed by atoms with Crippen LogP contribution in [0.5, 0.6) is 0 Å². The second-order valence-electron chi connectivity index (χ2n) is 24.1. The van der Waals surface area contributed by atoms with Crippen molar-refractivity contribution < 1.29 is 82.7 Å². The number of aliphatic hydroxyl groups excluding tert-OH is 4. The first-order valence-corrected chi connectivity index (χ1v) is 30.1. The molecule has 1 aromatic rings. The lowest BCUT2D eigenvalue weighted by atomic mass is 9.95. The van der Waals surface area contributed by atoms with Crippen molar-refractivity contribution in [3.63, 3.8) is 0 Å². The second kappa shape index (κ2) is 37.8. The maximum atomic E-state index is 15.3. The van der Waals surface area contributed by atoms with E-state index in [1.165, 1.54) is 44.2 Å². The summed E-state index contributed by atoms with van der Waals surface area (Å²) in [5, 5.41) is 68.0. The molecule has 0 radical (unpaired) electrons. The van der Waals surface area contributed by atoms with Crippen molar-refractivity contribution >= 4 is 76.9 Å². The molecule has 22 N–H and O–H groups in total. The fourth-order valence-electron chi connectivity index (χ4n) is 9.25. The summed E-state index contributed by atoms with van der Waals surface area (Å²) >= 11 is 0. The van der Waals surface area contributed by atoms with Gasteiger partial charge in [0.25, 0.3) is 0 Å². The van der Waals surface area contributed by atoms with Crippen molar-refractivity contribution in [2.75, 3.05) is 19.7 Å². The maximum absolute atomic E-state index is 15.3. The molecule has 32 heteroatoms. The van der Waals surface area contributed by atoms with Crippen LogP contribution in [0.3, 0.4) is 0 Å². The topological polar surface area (TPSA) is 532 Å². The van der Waals surface area contributed by atoms with Crippen LogP contribution in [0.15, 0.2) is 35.3 Å². The van der Waals surface area contributed by atoms with Gasteiger partial charge in [-0.1, -0.05) is 106 Å². The van der Waals surface area contributed by atoms with Gasteiger partial charge in [0.15, 0.2) is 24.2 Å². The Morgan fingerprint density at radius 1 is 0.644 bits per heavy atom. The first-order chi connectivity index (χ1) is 42.0. The van der Waals surface area contributed by atoms with Gasteiger partial charge in [0.1, 0.15) is 48.3 Å². The predicted molar refractivity (Wildman–Crippen MR) is 326 cm³/mol. The summed E-state index contributed by atoms with van der Waals surface area (Å²) in [6, 6.07) is -10.7. The summed E-state index contributed by atoms with van der Waals surface area (Å²) in [5.74, 6) is -17.2. The molecule has 1 heterocycles. The molecule has 2 rings (SSSR count). The van der Waals surface area contributed by atoms with Gasteiger partial charge in [0.05, 0.1) is 31.4 Å². The number of esters is 1. The van der Waals surface area contributed by atoms with E-state index in [1.54, 1.807) is 41.5 Å². The third kappa shape index (κ3) is 25.4. The van der Waals surface area contributed by atoms with Crippen molar-refractivity contribution in [1.82, 2.24) is 53.2 Å². The normalized spacial score (nSPS) is 24.7. The molecule has 0 aliphatic carbocycles. The molecule has 0 saturated carbocycles. The Morgan fingerprint density at radius 2 is 1.19 bits per heavy atom. The number of amides is 11. The highest BCUT2D eigenvalue weighted by molar-refractivity contribution is 6.00. The van der Waals surface area contributed by atoms with E-state index in [0.717, 1.165) is 6.92 Å². The van der Waals surface area contributed by atoms with E-state index >= 15 is 4.79 Å². The number of guanidine groups is 1. The molecule has 506 valence electrons. The number of rotatable bonds is 23. The Morgan fingerprint density at radius 3 is 1.72 bits per heavy atom. The summed E-state index contributed by atoms with van der Waals surface area (Å²) in [6.07, 6.45) is -8.04. The number of hydrogen-bond acceptors (Lipinski definition) is 19. The molecule has 0 bridgehead atoms. The molecule has 1 aliphatic heterocycles. The fourth-order valence-corrected chi connectivity index (χ4v) is 9.25. The summed E-state index contributed by atoms with van der Waals surface area (Å²) in [5.41, 5.74) is 22.6. The number of nitrogens with two attached hydrogens (primary N) is 4. The lowest BCUT2D eigenvalue weighted by molar-refractivity contribution is -0.159. The zero-order chi connectivity index (χ0) is 68.4. The summed E-state index contributed by atoms with van der Waals surface area (Å²) < 4.78 is 5.92. The van der Waals surface area contributed by atoms with Gasteiger partial charge in [-0.15, -0.1) is 0 Å². The first kappa shape index (κ1) is 78.0. The first-order valence-electron chi connectivity index (χ1n) is 30.1. The smallest absolute Gasteiger partial charge is 0.331 e. The number of carbonyl (C=O) groups is 12. The van der Waals surface area contributed by atoms with Crippen LogP contribution in [0.1, 0.15) is 126 Å². The van der Waals surface area contributed by atoms with Crippen LogP contribution in [0, 0.1) is 29.6 Å². The van der Waals surface area contributed by atoms with E-state index < -0.39 is 181 Å². The van der Waals surface area contributed by atoms with E-state index in [0.29, 0.717) is 0 Å². The molecule has 0 aromatic heterocycles. The lowest BCUT2D eigenvalue weighted by Crippen LogP contribution is -2.64. The van der Waals surface area contributed by atoms with Crippen LogP contribution in [-0.2, 0) is 62.3 Å². The monoisotopic (exact) mass is 1280 g/mol. The Balaban J connectivity index is 3.13. The van der Waals surface area contributed by atoms with E-state index in [-0.39, 0.29) is 74.3 Å². The van der Waals surface area contributed by atoms with Gasteiger partial charge in [0, 0.05) is 6.54 Å². The van der Waals surface area contributed by atoms with Crippen molar-refractivity contribution in [3.8, 4) is 0 Å². The average Bonchev–Trinajstić information content (AvgIpc) is 1.47. The van der Waals surface area contributed by atoms with Crippen LogP contribution in [0.4, 0.5) is 0 Å². The third-order valence-electron chi connectivity index (χ3n) is 14.4. The summed E-state index contributed by atoms with van der Waals surface area (Å²) in [6.45, 7) is 15.3. The number of carbonyl (C=O) groups excluding carboxylic acids is 12. The van der Waals surface area contributed by atoms with E-state index in [9.17, 15) is 73.2 Å². The minimum absolute atomic E-state index is 0.0466. The number of benzene rings is 1. The molecule has 1 saturated heterocycles. The minimum atomic E-state index is -2.57. The molecule has 1 aliphatic rings. The molecule has 32 nitrogen and oxygen atoms in total. The van der Waals surface area contributed by atoms with Crippen molar-refractivity contribution in [3.05, 3.63) is 35.9 Å². The highest BCUT2D eigenvalue weighted by atomic mass is 16.5. The Hall–Kier alpha value is -8.07. The predicted octanol–water partition coefficient (Wildman–Crippen LogP) is -5.43. The average molecular weight is 1280 g/mol. The Kier molecular flexibility index (Phi) is 32.8. The third-order valence-corrected chi connectivity index (χ3v) is 14.4. The lowest BCUT2D eigenvalue weighted by Gasteiger charge is -2.34. The highest BCUT2D eigenvalue weighted by Crippen LogP contribution is 2.25. The molecular formula is C58H97N15O17. The highest BCUT2D eigenvalue weighted by Gasteiger charge is 2.44. The van der Waals surface area contributed by atoms with E-state index in [4.69, 9.17) is 27.7 Å². The van der Waals surface area contributed by atoms with Crippen LogP contribution in [-0.4, -0.2) is 196 Å². The Bertz CT molecular complexity index is 2640. The van der Waals surface area contributed by atoms with Gasteiger partial charge < -0.3 is 101 Å². The van der Waals surface area contributed by atoms with Gasteiger partial charge in [-0.3, -0.25) is 57.7 Å². The zero-order valence-corrected chi connectivity index (χ0v) is 53.1. The van der Waals surface area contributed by atoms with Gasteiger partial charge in [-0.2, -0.15) is 0 Å². The zero-order valence-electron chi connectivity index (χ0n) is 53.1. The molecule has 1 fully saturated rings. The molecule has 0 spiro atoms. The van der Waals surface area contributed by atoms with Crippen LogP contribution in [0.2, 0.25) is 0 Å². The van der Waals surface area contributed by atoms with Gasteiger partial charge in [0.2, 0.25) is 65.0 Å². The number of primary amides is 1. The molecule has 11 amide bonds. The molecule has 1 aromatic carbocycles. The number of ether oxygens (including phenoxy) is 1. The number of nitrogens with one attached hydrogen (secondary N) is 10. The van der Waals surface area contributed by atoms with Crippen molar-refractivity contribution in [2.45, 2.75) is 200 Å². The SMILES string of the molecule is CC[C@H](C)[C@@H]1NC(=O)[C@@H](CCCN=C(N)N)NC(=O)C(CC(C)C)NC(=O)[C@H]([C@H](O)C(C)C)NC(=O)C(NC(=O)[C@H](CC(C)C)NC(=O)[C@H](N)CC(C)C)[C@@H](c2ccccc2)OC(=O)C(CO)NC(=O)C([C@H](O)C(N)=O)NC(=O)CNC(=O)C([C@H](C)O)NC1=O. The number of nitrogens with zero attached hydrogens (tertiary/aromatic N) is 1. The molecule has 5 unspecified atom stereocenters. The minimum Gasteiger partial charge on any atom is -0.453 e. The molecular weight excluding hydrogens is 1180 g/mol. The number of aliphatic imine (C=N–C) groups is 1. The number of hydrogen-bond donors (Lipinski definition) is 18. The quantitative estimate of drug-likeness (QED) is 0.0210. The standard InChI is InChI=1S/C58H97N15O17/c1-12-30(10)39-53(85)71-40(31(11)75)52(84)64-24-38(76)69-42(45(78)47(60)79)55(87)68-37(25-74)57(89)90-46(32-17-14-13-15-18-32)43(73-51(83)36(23-28(6)7)66-48(80)33(59)21-26(2)3)56(88)72-41(44(77)29(8)9)54(86)67-35(22-27(4)5)50(82)65-34(49(81)70-39)19-16-20-63-58(61)62/h13-15,17-18,26-31,33-37,39-46,74-75,77-78H,12,16,19-25,59H2,1-11H3,(H2,60,79)(H,64,84)(H,65,82)(H,66,80)(H,67,86)(H,68,87)(H,69,76)(H,70,81)(H,71,85)(H,72,88)(H,73,83)(H4,61,62,63)/t30-,31-,33+,34+,35?,36-,37?,39-,40?,41-,42?,43?,44+,45-,46+/m0/s1. The summed E-state index contributed by atoms with van der Waals surface area (Å²) in [7, 11) is 0. The van der Waals surface area contributed by atoms with E-state index in [2.05, 4.69) is 47.5 Å². The van der Waals surface area contributed by atoms with Gasteiger partial charge >= 0.3 is 5.97 Å². The summed E-state index contributed by atoms with van der Waals surface area (Å²) in [4.78, 5) is 174. The number of aliphatic hydroxyl groups is 4. The molecule has 90 heavy (non-hydrogen) atoms. The maximum Gasteiger partial charge on any atom is 0.331 e. The van der Waals surface area contributed by atoms with Gasteiger partial charge in [-0.25, -0.2) is 4.79 Å². The fraction of sp³-hybridized carbons (Fsp3) is 0.672. The van der Waals surface area contributed by atoms with Gasteiger partial charge in [-0.05, 0) is 74.2 Å². The second-order valence-corrected chi connectivity index (χ2v) is 24.1. The van der Waals surface area contributed by atoms with Crippen LogP contribution in [0.25, 0.3) is 0 Å². The van der Waals surface area contributed by atoms with Crippen molar-refractivity contribution in [2.24, 2.45) is 57.5 Å².